The maximum absolute atomic E-state index is 13.4. The van der Waals surface area contributed by atoms with Crippen LogP contribution in [-0.4, -0.2) is 69.8 Å². The molecule has 0 saturated heterocycles. The van der Waals surface area contributed by atoms with Crippen molar-refractivity contribution in [3.05, 3.63) is 69.9 Å². The molecule has 0 amide bonds. The highest BCUT2D eigenvalue weighted by Gasteiger charge is 2.24. The molecule has 0 bridgehead atoms. The van der Waals surface area contributed by atoms with E-state index >= 15 is 0 Å². The Kier molecular flexibility index (Phi) is 11.2. The lowest BCUT2D eigenvalue weighted by atomic mass is 9.99. The fourth-order valence-electron chi connectivity index (χ4n) is 4.38. The van der Waals surface area contributed by atoms with E-state index < -0.39 is 18.1 Å². The van der Waals surface area contributed by atoms with E-state index in [-0.39, 0.29) is 41.8 Å². The van der Waals surface area contributed by atoms with Crippen LogP contribution < -0.4 is 10.6 Å². The van der Waals surface area contributed by atoms with Gasteiger partial charge < -0.3 is 15.7 Å². The first-order chi connectivity index (χ1) is 18.6. The van der Waals surface area contributed by atoms with E-state index in [1.165, 1.54) is 0 Å². The van der Waals surface area contributed by atoms with Gasteiger partial charge in [0.25, 0.3) is 5.91 Å². The number of carboxylic acid groups (broad SMARTS) is 1. The molecule has 0 aliphatic carbocycles. The zero-order valence-corrected chi connectivity index (χ0v) is 24.3. The number of hydrogen-bond acceptors (Lipinski definition) is 8. The lowest BCUT2D eigenvalue weighted by Crippen LogP contribution is -2.46. The number of nitrogens with one attached hydrogen (secondary N) is 2. The van der Waals surface area contributed by atoms with Crippen LogP contribution in [0.1, 0.15) is 33.6 Å². The minimum atomic E-state index is -1.00. The lowest BCUT2D eigenvalue weighted by Gasteiger charge is -2.17. The van der Waals surface area contributed by atoms with Crippen molar-refractivity contribution >= 4 is 71.2 Å². The minimum Gasteiger partial charge on any atom is -0.480 e. The second-order valence-electron chi connectivity index (χ2n) is 9.31. The van der Waals surface area contributed by atoms with Crippen molar-refractivity contribution in [2.24, 2.45) is 0 Å². The van der Waals surface area contributed by atoms with Crippen molar-refractivity contribution in [3.63, 3.8) is 0 Å². The standard InChI is InChI=1S/C28H32ClN3O5S2/c1-16-3-8-25-22(11-16)21(17(2)32(25)27(35)18-4-6-19(29)7-5-18)12-20(33)13-26(34)23(14-38)30-9-10-31-24(15-39)28(36)37/h3-8,11,23-24,30-31,38-39H,9-10,12-15H2,1-2H3,(H,36,37)/t23-,24-/m0/s1. The number of carboxylic acids is 1. The molecule has 0 radical (unpaired) electrons. The van der Waals surface area contributed by atoms with Crippen LogP contribution in [0.3, 0.4) is 0 Å². The van der Waals surface area contributed by atoms with Gasteiger partial charge in [-0.3, -0.25) is 23.7 Å². The van der Waals surface area contributed by atoms with E-state index in [9.17, 15) is 19.2 Å². The van der Waals surface area contributed by atoms with E-state index in [2.05, 4.69) is 35.9 Å². The van der Waals surface area contributed by atoms with Crippen molar-refractivity contribution in [2.45, 2.75) is 38.8 Å². The van der Waals surface area contributed by atoms with Gasteiger partial charge in [-0.15, -0.1) is 0 Å². The van der Waals surface area contributed by atoms with Crippen LogP contribution in [0.25, 0.3) is 10.9 Å². The monoisotopic (exact) mass is 589 g/mol. The normalized spacial score (nSPS) is 12.8. The molecule has 1 heterocycles. The zero-order chi connectivity index (χ0) is 28.7. The summed E-state index contributed by atoms with van der Waals surface area (Å²) in [7, 11) is 0. The molecule has 208 valence electrons. The first kappa shape index (κ1) is 30.9. The molecular weight excluding hydrogens is 558 g/mol. The second kappa shape index (κ2) is 14.1. The highest BCUT2D eigenvalue weighted by molar-refractivity contribution is 7.80. The Bertz CT molecular complexity index is 1370. The third kappa shape index (κ3) is 7.73. The highest BCUT2D eigenvalue weighted by atomic mass is 35.5. The lowest BCUT2D eigenvalue weighted by molar-refractivity contribution is -0.139. The number of aliphatic carboxylic acids is 1. The molecule has 0 spiro atoms. The Morgan fingerprint density at radius 3 is 2.15 bits per heavy atom. The number of aryl methyl sites for hydroxylation is 1. The summed E-state index contributed by atoms with van der Waals surface area (Å²) in [5, 5.41) is 16.3. The Labute approximate surface area is 243 Å². The smallest absolute Gasteiger partial charge is 0.321 e. The van der Waals surface area contributed by atoms with Gasteiger partial charge in [0.1, 0.15) is 11.8 Å². The molecule has 0 aliphatic rings. The predicted molar refractivity (Wildman–Crippen MR) is 160 cm³/mol. The fraction of sp³-hybridized carbons (Fsp3) is 0.357. The highest BCUT2D eigenvalue weighted by Crippen LogP contribution is 2.29. The molecule has 39 heavy (non-hydrogen) atoms. The molecule has 1 aromatic heterocycles. The maximum atomic E-state index is 13.4. The molecule has 8 nitrogen and oxygen atoms in total. The molecule has 0 aliphatic heterocycles. The van der Waals surface area contributed by atoms with E-state index in [1.807, 2.05) is 25.1 Å². The van der Waals surface area contributed by atoms with Gasteiger partial charge in [0.15, 0.2) is 5.78 Å². The number of benzene rings is 2. The Morgan fingerprint density at radius 1 is 0.949 bits per heavy atom. The van der Waals surface area contributed by atoms with Gasteiger partial charge in [-0.2, -0.15) is 25.3 Å². The largest absolute Gasteiger partial charge is 0.480 e. The number of thiol groups is 2. The van der Waals surface area contributed by atoms with Gasteiger partial charge in [-0.1, -0.05) is 23.2 Å². The van der Waals surface area contributed by atoms with Crippen LogP contribution in [0.4, 0.5) is 0 Å². The molecular formula is C28H32ClN3O5S2. The van der Waals surface area contributed by atoms with Gasteiger partial charge in [-0.25, -0.2) is 0 Å². The summed E-state index contributed by atoms with van der Waals surface area (Å²) < 4.78 is 1.60. The van der Waals surface area contributed by atoms with Gasteiger partial charge in [-0.05, 0) is 55.8 Å². The first-order valence-electron chi connectivity index (χ1n) is 12.4. The van der Waals surface area contributed by atoms with Crippen LogP contribution >= 0.6 is 36.9 Å². The van der Waals surface area contributed by atoms with E-state index in [0.717, 1.165) is 10.9 Å². The fourth-order valence-corrected chi connectivity index (χ4v) is 5.13. The summed E-state index contributed by atoms with van der Waals surface area (Å²) in [5.41, 5.74) is 3.49. The van der Waals surface area contributed by atoms with E-state index in [4.69, 9.17) is 16.7 Å². The van der Waals surface area contributed by atoms with Crippen LogP contribution in [0.5, 0.6) is 0 Å². The number of rotatable bonds is 14. The average molecular weight is 590 g/mol. The summed E-state index contributed by atoms with van der Waals surface area (Å²) in [6, 6.07) is 10.9. The molecule has 0 unspecified atom stereocenters. The number of Topliss-reactive ketones (excluding diaryl/α,β-unsaturated/α-hetero) is 2. The molecule has 0 fully saturated rings. The number of halogens is 1. The van der Waals surface area contributed by atoms with Crippen molar-refractivity contribution in [1.29, 1.82) is 0 Å². The number of ketones is 2. The number of carbonyl (C=O) groups excluding carboxylic acids is 3. The van der Waals surface area contributed by atoms with Gasteiger partial charge in [0, 0.05) is 52.7 Å². The second-order valence-corrected chi connectivity index (χ2v) is 10.5. The van der Waals surface area contributed by atoms with E-state index in [1.54, 1.807) is 35.8 Å². The average Bonchev–Trinajstić information content (AvgIpc) is 3.16. The third-order valence-corrected chi connectivity index (χ3v) is 7.47. The summed E-state index contributed by atoms with van der Waals surface area (Å²) in [5.74, 6) is -1.47. The summed E-state index contributed by atoms with van der Waals surface area (Å²) in [6.07, 6.45) is -0.287. The topological polar surface area (TPSA) is 118 Å². The quantitative estimate of drug-likeness (QED) is 0.111. The maximum Gasteiger partial charge on any atom is 0.321 e. The molecule has 2 aromatic carbocycles. The van der Waals surface area contributed by atoms with Crippen LogP contribution in [-0.2, 0) is 20.8 Å². The number of aromatic nitrogens is 1. The molecule has 11 heteroatoms. The summed E-state index contributed by atoms with van der Waals surface area (Å²) in [6.45, 7) is 4.37. The molecule has 3 rings (SSSR count). The van der Waals surface area contributed by atoms with Gasteiger partial charge in [0.2, 0.25) is 0 Å². The van der Waals surface area contributed by atoms with E-state index in [0.29, 0.717) is 40.4 Å². The molecule has 3 N–H and O–H groups in total. The number of nitrogens with zero attached hydrogens (tertiary/aromatic N) is 1. The predicted octanol–water partition coefficient (Wildman–Crippen LogP) is 3.53. The van der Waals surface area contributed by atoms with Crippen molar-refractivity contribution in [1.82, 2.24) is 15.2 Å². The van der Waals surface area contributed by atoms with Crippen molar-refractivity contribution in [3.8, 4) is 0 Å². The van der Waals surface area contributed by atoms with Gasteiger partial charge in [0.05, 0.1) is 18.0 Å². The SMILES string of the molecule is Cc1ccc2c(c1)c(CC(=O)CC(=O)[C@H](CS)NCCN[C@@H](CS)C(=O)O)c(C)n2C(=O)c1ccc(Cl)cc1. The third-order valence-electron chi connectivity index (χ3n) is 6.49. The van der Waals surface area contributed by atoms with Crippen LogP contribution in [0.15, 0.2) is 42.5 Å². The summed E-state index contributed by atoms with van der Waals surface area (Å²) in [4.78, 5) is 50.5. The number of fused-ring (bicyclic) bond motifs is 1. The Hall–Kier alpha value is -2.63. The molecule has 3 aromatic rings. The molecule has 0 saturated carbocycles. The van der Waals surface area contributed by atoms with Crippen molar-refractivity contribution < 1.29 is 24.3 Å². The Morgan fingerprint density at radius 2 is 1.56 bits per heavy atom. The van der Waals surface area contributed by atoms with Crippen molar-refractivity contribution in [2.75, 3.05) is 24.6 Å². The minimum absolute atomic E-state index is 0.00150. The van der Waals surface area contributed by atoms with Crippen LogP contribution in [0, 0.1) is 13.8 Å². The number of hydrogen-bond donors (Lipinski definition) is 5. The zero-order valence-electron chi connectivity index (χ0n) is 21.7. The summed E-state index contributed by atoms with van der Waals surface area (Å²) >= 11 is 14.2. The Balaban J connectivity index is 1.74. The molecule has 2 atom stereocenters. The van der Waals surface area contributed by atoms with Crippen LogP contribution in [0.2, 0.25) is 5.02 Å². The first-order valence-corrected chi connectivity index (χ1v) is 14.1. The number of carbonyl (C=O) groups is 4. The van der Waals surface area contributed by atoms with Gasteiger partial charge >= 0.3 is 5.97 Å².